The van der Waals surface area contributed by atoms with Crippen LogP contribution >= 0.6 is 82.3 Å². The quantitative estimate of drug-likeness (QED) is 0.0134. The molecule has 15 N–H and O–H groups in total. The number of hydrogen-bond donors (Lipinski definition) is 15. The van der Waals surface area contributed by atoms with Crippen molar-refractivity contribution in [1.29, 1.82) is 0 Å². The smallest absolute Gasteiger partial charge is 0.313 e. The fourth-order valence-corrected chi connectivity index (χ4v) is 16.2. The number of H-pyrrole nitrogens is 7. The van der Waals surface area contributed by atoms with E-state index in [1.807, 2.05) is 157 Å². The van der Waals surface area contributed by atoms with Crippen molar-refractivity contribution in [3.05, 3.63) is 267 Å². The van der Waals surface area contributed by atoms with E-state index in [-0.39, 0.29) is 51.8 Å². The summed E-state index contributed by atoms with van der Waals surface area (Å²) in [7, 11) is -2.29. The van der Waals surface area contributed by atoms with E-state index >= 15 is 0 Å². The lowest BCUT2D eigenvalue weighted by atomic mass is 10.0. The van der Waals surface area contributed by atoms with Gasteiger partial charge in [-0.25, -0.2) is 54.2 Å². The molecule has 0 aliphatic rings. The van der Waals surface area contributed by atoms with Gasteiger partial charge in [0.15, 0.2) is 40.8 Å². The molecule has 0 spiro atoms. The van der Waals surface area contributed by atoms with Gasteiger partial charge in [-0.2, -0.15) is 0 Å². The molecule has 0 aliphatic heterocycles. The first kappa shape index (κ1) is 106. The summed E-state index contributed by atoms with van der Waals surface area (Å²) in [5, 5.41) is 120. The minimum Gasteiger partial charge on any atom is -0.508 e. The Balaban J connectivity index is 0.000000149. The number of aliphatic carboxylic acids is 7. The minimum absolute atomic E-state index is 0.0514. The zero-order valence-corrected chi connectivity index (χ0v) is 81.3. The number of hydrogen-bond acceptors (Lipinski definition) is 34. The van der Waals surface area contributed by atoms with Crippen LogP contribution in [0.5, 0.6) is 5.75 Å². The van der Waals surface area contributed by atoms with Gasteiger partial charge in [0, 0.05) is 97.9 Å². The number of phenolic OH excluding ortho intramolecular Hbond substituents is 1. The Kier molecular flexibility index (Phi) is 38.8. The van der Waals surface area contributed by atoms with Crippen LogP contribution in [0.1, 0.15) is 11.1 Å². The van der Waals surface area contributed by atoms with Gasteiger partial charge >= 0.3 is 41.8 Å². The van der Waals surface area contributed by atoms with E-state index in [0.29, 0.717) is 98.5 Å². The second-order valence-electron chi connectivity index (χ2n) is 29.1. The zero-order chi connectivity index (χ0) is 102. The van der Waals surface area contributed by atoms with Gasteiger partial charge in [-0.15, -0.1) is 35.7 Å². The molecule has 0 fully saturated rings. The number of phenols is 1. The molecule has 18 rings (SSSR count). The number of nitrogens with one attached hydrogen (secondary N) is 7. The Morgan fingerprint density at radius 2 is 0.685 bits per heavy atom. The molecule has 143 heavy (non-hydrogen) atoms. The molecule has 1 unspecified atom stereocenters. The molecule has 0 saturated heterocycles. The van der Waals surface area contributed by atoms with Crippen LogP contribution in [0, 0.1) is 19.7 Å². The molecular formula is C92H81FN26O16S8. The van der Waals surface area contributed by atoms with Crippen molar-refractivity contribution in [2.75, 3.05) is 46.5 Å². The number of aromatic amines is 7. The predicted molar refractivity (Wildman–Crippen MR) is 539 cm³/mol. The SMILES string of the molecule is C=S(C)(=O)c1cccc(-c2nc(SCC(=O)O)n[nH]2)c1.Cc1cc(O)cc(-c2nc(SCC(=O)O)n[nH]2)c1.Cc1ccc(-c2nc(SCC(=O)O)n[nH]2)cc1F.O=C(O)CSc1n[nH]c(-c2ccc(-c3ccccc3)cc2)n1.O=C(O)CSc1n[nH]c(-c2ccc(-c3cncnc3)cc2)n1.O=C(O)CSc1n[nH]c(-c2ccc(-n3ccnc3)cc2)n1.O=C(O)CSc1n[nH]c(-c2cccc(-c3ccccn3)c2)n1. The van der Waals surface area contributed by atoms with E-state index in [9.17, 15) is 47.3 Å². The number of rotatable bonds is 33. The van der Waals surface area contributed by atoms with Gasteiger partial charge in [0.2, 0.25) is 36.1 Å². The summed E-state index contributed by atoms with van der Waals surface area (Å²) in [6, 6.07) is 63.9. The Morgan fingerprint density at radius 1 is 0.350 bits per heavy atom. The number of thioether (sulfide) groups is 7. The molecule has 1 atom stereocenters. The fourth-order valence-electron chi connectivity index (χ4n) is 11.8. The van der Waals surface area contributed by atoms with Crippen molar-refractivity contribution in [3.8, 4) is 125 Å². The van der Waals surface area contributed by atoms with Crippen LogP contribution < -0.4 is 0 Å². The van der Waals surface area contributed by atoms with Gasteiger partial charge in [0.1, 0.15) is 17.9 Å². The lowest BCUT2D eigenvalue weighted by molar-refractivity contribution is -0.134. The number of aromatic hydroxyl groups is 1. The summed E-state index contributed by atoms with van der Waals surface area (Å²) < 4.78 is 27.2. The number of carboxylic acid groups (broad SMARTS) is 7. The largest absolute Gasteiger partial charge is 0.508 e. The second-order valence-corrected chi connectivity index (χ2v) is 38.1. The van der Waals surface area contributed by atoms with Gasteiger partial charge < -0.3 is 45.4 Å². The number of halogens is 1. The molecule has 730 valence electrons. The van der Waals surface area contributed by atoms with Crippen molar-refractivity contribution >= 4 is 140 Å². The molecule has 0 saturated carbocycles. The van der Waals surface area contributed by atoms with Crippen LogP contribution in [0.15, 0.2) is 291 Å². The third-order valence-corrected chi connectivity index (χ3v) is 25.3. The highest BCUT2D eigenvalue weighted by molar-refractivity contribution is 8.01. The first-order valence-corrected chi connectivity index (χ1v) is 50.4. The number of carbonyl (C=O) groups is 7. The lowest BCUT2D eigenvalue weighted by Gasteiger charge is -2.04. The zero-order valence-electron chi connectivity index (χ0n) is 74.8. The van der Waals surface area contributed by atoms with Gasteiger partial charge in [0.05, 0.1) is 52.3 Å². The number of pyridine rings is 1. The number of benzene rings is 8. The summed E-state index contributed by atoms with van der Waals surface area (Å²) in [5.41, 5.74) is 14.1. The van der Waals surface area contributed by atoms with E-state index in [1.165, 1.54) is 12.4 Å². The maximum Gasteiger partial charge on any atom is 0.313 e. The van der Waals surface area contributed by atoms with Crippen molar-refractivity contribution in [1.82, 2.24) is 131 Å². The Labute approximate surface area is 840 Å². The topological polar surface area (TPSA) is 646 Å². The van der Waals surface area contributed by atoms with Gasteiger partial charge in [0.25, 0.3) is 0 Å². The van der Waals surface area contributed by atoms with Crippen LogP contribution in [0.4, 0.5) is 4.39 Å². The number of nitrogens with zero attached hydrogens (tertiary/aromatic N) is 19. The Bertz CT molecular complexity index is 7260. The molecule has 0 amide bonds. The first-order chi connectivity index (χ1) is 68.8. The predicted octanol–water partition coefficient (Wildman–Crippen LogP) is 15.1. The number of aromatic nitrogens is 26. The molecule has 0 aliphatic carbocycles. The normalized spacial score (nSPS) is 11.0. The van der Waals surface area contributed by atoms with E-state index in [4.69, 9.17) is 35.7 Å². The van der Waals surface area contributed by atoms with Crippen LogP contribution in [0.2, 0.25) is 0 Å². The molecular weight excluding hydrogens is 2000 g/mol. The van der Waals surface area contributed by atoms with Gasteiger partial charge in [-0.3, -0.25) is 78.4 Å². The highest BCUT2D eigenvalue weighted by Crippen LogP contribution is 2.32. The standard InChI is InChI=1S/C16H13N3O2S.C15H12N4O2S.C14H11N5O2S.C13H11N5O2S.C12H13N3O3S2.C11H10FN3O2S.C11H11N3O3S/c20-14(21)10-22-16-17-15(18-19-16)13-8-6-12(7-9-13)11-4-2-1-3-5-11;20-13(21)9-22-15-17-14(18-19-15)11-5-3-4-10(8-11)12-6-1-2-7-16-12;20-12(21)7-22-14-17-13(18-19-14)10-3-1-9(2-4-10)11-5-15-8-16-6-11;19-11(20)7-21-13-15-12(16-17-13)9-1-3-10(4-2-9)18-6-5-14-8-18;1-20(2,18)9-5-3-4-8(6-9)11-13-12(15-14-11)19-7-10(16)17;1-6-2-3-7(4-8(6)12)10-13-11(15-14-10)18-5-9(16)17;1-6-2-7(4-8(15)3-6)10-12-11(14-13-10)18-5-9(16)17/h1-9H,10H2,(H,20,21)(H,17,18,19);1-8H,9H2,(H,20,21)(H,17,18,19);1-6,8H,7H2,(H,20,21)(H,17,18,19);1-6,8H,7H2,(H,19,20)(H,15,16,17);3-6H,1,7H2,2H3,(H,16,17)(H,13,14,15);2-4H,5H2,1H3,(H,16,17)(H,13,14,15);2-4,15H,5H2,1H3,(H,16,17)(H,12,13,14). The number of aryl methyl sites for hydroxylation is 2. The number of carboxylic acids is 7. The highest BCUT2D eigenvalue weighted by Gasteiger charge is 2.19. The molecule has 0 bridgehead atoms. The number of imidazole rings is 1. The van der Waals surface area contributed by atoms with Crippen LogP contribution in [-0.4, -0.2) is 270 Å². The lowest BCUT2D eigenvalue weighted by Crippen LogP contribution is -1.97. The van der Waals surface area contributed by atoms with Crippen molar-refractivity contribution in [3.63, 3.8) is 0 Å². The van der Waals surface area contributed by atoms with E-state index in [0.717, 1.165) is 155 Å². The molecule has 10 heterocycles. The van der Waals surface area contributed by atoms with Crippen LogP contribution in [0.25, 0.3) is 119 Å². The van der Waals surface area contributed by atoms with E-state index in [2.05, 4.69) is 144 Å². The molecule has 18 aromatic rings. The third kappa shape index (κ3) is 34.0. The third-order valence-electron chi connectivity index (χ3n) is 18.3. The summed E-state index contributed by atoms with van der Waals surface area (Å²) in [6.07, 6.45) is 13.6. The maximum atomic E-state index is 13.4. The molecule has 8 aromatic carbocycles. The van der Waals surface area contributed by atoms with Crippen LogP contribution in [0.3, 0.4) is 0 Å². The van der Waals surface area contributed by atoms with Gasteiger partial charge in [-0.05, 0) is 136 Å². The highest BCUT2D eigenvalue weighted by atomic mass is 32.2. The molecule has 42 nitrogen and oxygen atoms in total. The average molecular weight is 2080 g/mol. The second kappa shape index (κ2) is 52.6. The summed E-state index contributed by atoms with van der Waals surface area (Å²) in [4.78, 5) is 120. The summed E-state index contributed by atoms with van der Waals surface area (Å²) in [6.45, 7) is 3.54. The molecule has 51 heteroatoms. The monoisotopic (exact) mass is 2080 g/mol. The van der Waals surface area contributed by atoms with Gasteiger partial charge in [-0.1, -0.05) is 210 Å². The van der Waals surface area contributed by atoms with Crippen molar-refractivity contribution in [2.45, 2.75) is 54.8 Å². The summed E-state index contributed by atoms with van der Waals surface area (Å²) in [5.74, 6) is 0.463. The minimum atomic E-state index is -2.29. The Morgan fingerprint density at radius 3 is 1.06 bits per heavy atom. The van der Waals surface area contributed by atoms with Crippen molar-refractivity contribution < 1.29 is 83.0 Å². The summed E-state index contributed by atoms with van der Waals surface area (Å²) >= 11 is 7.40. The molecule has 10 aromatic heterocycles. The fraction of sp³-hybridized carbons (Fsp3) is 0.109. The van der Waals surface area contributed by atoms with E-state index < -0.39 is 51.3 Å². The van der Waals surface area contributed by atoms with E-state index in [1.54, 1.807) is 92.8 Å². The maximum absolute atomic E-state index is 13.4. The van der Waals surface area contributed by atoms with Crippen molar-refractivity contribution in [2.24, 2.45) is 0 Å². The first-order valence-electron chi connectivity index (χ1n) is 41.4. The van der Waals surface area contributed by atoms with Crippen LogP contribution in [-0.2, 0) is 43.1 Å². The average Bonchev–Trinajstić information content (AvgIpc) is 1.77. The Hall–Kier alpha value is -16.3. The molecule has 0 radical (unpaired) electrons.